The highest BCUT2D eigenvalue weighted by Gasteiger charge is 2.40. The predicted octanol–water partition coefficient (Wildman–Crippen LogP) is 5.16. The van der Waals surface area contributed by atoms with Crippen LogP contribution >= 0.6 is 0 Å². The second-order valence-corrected chi connectivity index (χ2v) is 7.41. The van der Waals surface area contributed by atoms with Crippen LogP contribution in [0.25, 0.3) is 0 Å². The number of fused-ring (bicyclic) bond motifs is 1. The number of halogens is 3. The summed E-state index contributed by atoms with van der Waals surface area (Å²) < 4.78 is 44.9. The van der Waals surface area contributed by atoms with Crippen LogP contribution in [0.5, 0.6) is 5.75 Å². The molecule has 2 aromatic rings. The maximum atomic E-state index is 13.2. The summed E-state index contributed by atoms with van der Waals surface area (Å²) in [4.78, 5) is 14.8. The maximum Gasteiger partial charge on any atom is 0.416 e. The molecule has 0 N–H and O–H groups in total. The number of nitrogens with zero attached hydrogens (tertiary/aromatic N) is 1. The molecule has 0 saturated carbocycles. The Labute approximate surface area is 150 Å². The maximum absolute atomic E-state index is 13.2. The van der Waals surface area contributed by atoms with E-state index in [0.717, 1.165) is 12.1 Å². The predicted molar refractivity (Wildman–Crippen MR) is 93.4 cm³/mol. The molecule has 0 saturated heterocycles. The number of para-hydroxylation sites is 2. The van der Waals surface area contributed by atoms with E-state index in [9.17, 15) is 18.0 Å². The summed E-state index contributed by atoms with van der Waals surface area (Å²) in [5, 5.41) is 0. The van der Waals surface area contributed by atoms with Crippen molar-refractivity contribution in [2.45, 2.75) is 33.0 Å². The lowest BCUT2D eigenvalue weighted by molar-refractivity contribution is -0.137. The standard InChI is InChI=1S/C20H20F3NO2/c1-19(2,3)17-12-26-16-10-5-4-9-15(16)24(17)18(25)13-7-6-8-14(11-13)20(21,22)23/h4-11,17H,12H2,1-3H3/t17-/m0/s1. The van der Waals surface area contributed by atoms with Crippen LogP contribution in [0.15, 0.2) is 48.5 Å². The molecule has 3 rings (SSSR count). The van der Waals surface area contributed by atoms with Gasteiger partial charge in [0.05, 0.1) is 17.3 Å². The average molecular weight is 363 g/mol. The smallest absolute Gasteiger partial charge is 0.416 e. The molecule has 1 heterocycles. The third-order valence-corrected chi connectivity index (χ3v) is 4.49. The summed E-state index contributed by atoms with van der Waals surface area (Å²) in [5.74, 6) is 0.0834. The molecule has 26 heavy (non-hydrogen) atoms. The van der Waals surface area contributed by atoms with Gasteiger partial charge in [0.25, 0.3) is 5.91 Å². The number of carbonyl (C=O) groups excluding carboxylic acids is 1. The number of hydrogen-bond acceptors (Lipinski definition) is 2. The van der Waals surface area contributed by atoms with Crippen LogP contribution in [0.3, 0.4) is 0 Å². The number of hydrogen-bond donors (Lipinski definition) is 0. The monoisotopic (exact) mass is 363 g/mol. The molecule has 6 heteroatoms. The second kappa shape index (κ2) is 6.34. The molecule has 0 fully saturated rings. The van der Waals surface area contributed by atoms with Gasteiger partial charge in [-0.25, -0.2) is 0 Å². The van der Waals surface area contributed by atoms with Gasteiger partial charge in [-0.1, -0.05) is 39.0 Å². The molecule has 138 valence electrons. The zero-order valence-electron chi connectivity index (χ0n) is 14.8. The lowest BCUT2D eigenvalue weighted by Gasteiger charge is -2.43. The minimum Gasteiger partial charge on any atom is -0.489 e. The molecule has 3 nitrogen and oxygen atoms in total. The first-order chi connectivity index (χ1) is 12.1. The summed E-state index contributed by atoms with van der Waals surface area (Å²) in [6.45, 7) is 6.20. The number of amides is 1. The number of alkyl halides is 3. The van der Waals surface area contributed by atoms with Crippen molar-refractivity contribution >= 4 is 11.6 Å². The summed E-state index contributed by atoms with van der Waals surface area (Å²) in [7, 11) is 0. The van der Waals surface area contributed by atoms with Gasteiger partial charge in [0.2, 0.25) is 0 Å². The van der Waals surface area contributed by atoms with Gasteiger partial charge >= 0.3 is 6.18 Å². The fourth-order valence-corrected chi connectivity index (χ4v) is 3.05. The first-order valence-corrected chi connectivity index (χ1v) is 8.31. The Kier molecular flexibility index (Phi) is 4.46. The first-order valence-electron chi connectivity index (χ1n) is 8.31. The van der Waals surface area contributed by atoms with Gasteiger partial charge in [0.1, 0.15) is 12.4 Å². The molecule has 0 bridgehead atoms. The second-order valence-electron chi connectivity index (χ2n) is 7.41. The Morgan fingerprint density at radius 3 is 2.42 bits per heavy atom. The molecule has 0 unspecified atom stereocenters. The molecule has 1 atom stereocenters. The summed E-state index contributed by atoms with van der Waals surface area (Å²) in [6.07, 6.45) is -4.50. The normalized spacial score (nSPS) is 17.5. The van der Waals surface area contributed by atoms with Gasteiger partial charge < -0.3 is 4.74 Å². The molecular weight excluding hydrogens is 343 g/mol. The Morgan fingerprint density at radius 1 is 1.08 bits per heavy atom. The number of ether oxygens (including phenoxy) is 1. The highest BCUT2D eigenvalue weighted by atomic mass is 19.4. The Bertz CT molecular complexity index is 824. The largest absolute Gasteiger partial charge is 0.489 e. The molecule has 0 radical (unpaired) electrons. The molecule has 1 aliphatic heterocycles. The van der Waals surface area contributed by atoms with Crippen LogP contribution in [0.2, 0.25) is 0 Å². The van der Waals surface area contributed by atoms with Crippen molar-refractivity contribution in [3.05, 3.63) is 59.7 Å². The van der Waals surface area contributed by atoms with Gasteiger partial charge in [-0.2, -0.15) is 13.2 Å². The number of rotatable bonds is 1. The lowest BCUT2D eigenvalue weighted by Crippen LogP contribution is -2.53. The highest BCUT2D eigenvalue weighted by molar-refractivity contribution is 6.07. The third kappa shape index (κ3) is 3.41. The van der Waals surface area contributed by atoms with Gasteiger partial charge in [0, 0.05) is 5.56 Å². The van der Waals surface area contributed by atoms with Crippen molar-refractivity contribution in [1.29, 1.82) is 0 Å². The van der Waals surface area contributed by atoms with Gasteiger partial charge in [-0.05, 0) is 35.7 Å². The number of anilines is 1. The number of benzene rings is 2. The SMILES string of the molecule is CC(C)(C)[C@@H]1COc2ccccc2N1C(=O)c1cccc(C(F)(F)F)c1. The van der Waals surface area contributed by atoms with E-state index >= 15 is 0 Å². The lowest BCUT2D eigenvalue weighted by atomic mass is 9.84. The van der Waals surface area contributed by atoms with Crippen LogP contribution in [0, 0.1) is 5.41 Å². The zero-order valence-corrected chi connectivity index (χ0v) is 14.8. The molecule has 2 aromatic carbocycles. The Hall–Kier alpha value is -2.50. The average Bonchev–Trinajstić information content (AvgIpc) is 2.58. The van der Waals surface area contributed by atoms with E-state index in [1.807, 2.05) is 20.8 Å². The first kappa shape index (κ1) is 18.3. The number of carbonyl (C=O) groups is 1. The van der Waals surface area contributed by atoms with E-state index in [2.05, 4.69) is 0 Å². The quantitative estimate of drug-likeness (QED) is 0.700. The van der Waals surface area contributed by atoms with Crippen molar-refractivity contribution in [1.82, 2.24) is 0 Å². The summed E-state index contributed by atoms with van der Waals surface area (Å²) in [5.41, 5.74) is -0.575. The summed E-state index contributed by atoms with van der Waals surface area (Å²) in [6, 6.07) is 11.3. The minimum absolute atomic E-state index is 0.00535. The van der Waals surface area contributed by atoms with E-state index in [1.54, 1.807) is 29.2 Å². The van der Waals surface area contributed by atoms with Crippen LogP contribution in [0.4, 0.5) is 18.9 Å². The van der Waals surface area contributed by atoms with Crippen molar-refractivity contribution in [2.24, 2.45) is 5.41 Å². The van der Waals surface area contributed by atoms with E-state index in [1.165, 1.54) is 12.1 Å². The van der Waals surface area contributed by atoms with Gasteiger partial charge in [0.15, 0.2) is 0 Å². The Morgan fingerprint density at radius 2 is 1.77 bits per heavy atom. The third-order valence-electron chi connectivity index (χ3n) is 4.49. The fourth-order valence-electron chi connectivity index (χ4n) is 3.05. The van der Waals surface area contributed by atoms with E-state index in [-0.39, 0.29) is 23.6 Å². The zero-order chi connectivity index (χ0) is 19.1. The topological polar surface area (TPSA) is 29.5 Å². The molecular formula is C20H20F3NO2. The van der Waals surface area contributed by atoms with E-state index in [0.29, 0.717) is 11.4 Å². The molecule has 1 amide bonds. The van der Waals surface area contributed by atoms with E-state index < -0.39 is 17.6 Å². The molecule has 0 spiro atoms. The van der Waals surface area contributed by atoms with Crippen LogP contribution < -0.4 is 9.64 Å². The molecule has 0 aromatic heterocycles. The van der Waals surface area contributed by atoms with Crippen LogP contribution in [0.1, 0.15) is 36.7 Å². The molecule has 0 aliphatic carbocycles. The molecule has 1 aliphatic rings. The van der Waals surface area contributed by atoms with Crippen LogP contribution in [-0.4, -0.2) is 18.6 Å². The van der Waals surface area contributed by atoms with Crippen molar-refractivity contribution in [3.8, 4) is 5.75 Å². The highest BCUT2D eigenvalue weighted by Crippen LogP contribution is 2.40. The summed E-state index contributed by atoms with van der Waals surface area (Å²) >= 11 is 0. The Balaban J connectivity index is 2.08. The van der Waals surface area contributed by atoms with E-state index in [4.69, 9.17) is 4.74 Å². The van der Waals surface area contributed by atoms with Gasteiger partial charge in [-0.3, -0.25) is 9.69 Å². The van der Waals surface area contributed by atoms with Crippen molar-refractivity contribution < 1.29 is 22.7 Å². The van der Waals surface area contributed by atoms with Crippen molar-refractivity contribution in [3.63, 3.8) is 0 Å². The minimum atomic E-state index is -4.50. The fraction of sp³-hybridized carbons (Fsp3) is 0.350. The van der Waals surface area contributed by atoms with Crippen molar-refractivity contribution in [2.75, 3.05) is 11.5 Å². The van der Waals surface area contributed by atoms with Crippen LogP contribution in [-0.2, 0) is 6.18 Å². The van der Waals surface area contributed by atoms with Gasteiger partial charge in [-0.15, -0.1) is 0 Å².